The van der Waals surface area contributed by atoms with Gasteiger partial charge in [-0.1, -0.05) is 0 Å². The SMILES string of the molecule is NNc1nc(NCCn2cccn2)c2ccsc2n1. The van der Waals surface area contributed by atoms with E-state index in [0.717, 1.165) is 29.1 Å². The summed E-state index contributed by atoms with van der Waals surface area (Å²) >= 11 is 1.56. The van der Waals surface area contributed by atoms with Crippen molar-refractivity contribution in [3.05, 3.63) is 29.9 Å². The minimum atomic E-state index is 0.413. The predicted octanol–water partition coefficient (Wildman–Crippen LogP) is 1.29. The Morgan fingerprint density at radius 1 is 1.37 bits per heavy atom. The van der Waals surface area contributed by atoms with E-state index in [9.17, 15) is 0 Å². The molecular weight excluding hydrogens is 262 g/mol. The smallest absolute Gasteiger partial charge is 0.240 e. The van der Waals surface area contributed by atoms with Crippen LogP contribution in [-0.4, -0.2) is 26.3 Å². The summed E-state index contributed by atoms with van der Waals surface area (Å²) in [6.07, 6.45) is 3.69. The molecule has 4 N–H and O–H groups in total. The van der Waals surface area contributed by atoms with Crippen molar-refractivity contribution in [1.82, 2.24) is 19.7 Å². The Kier molecular flexibility index (Phi) is 3.25. The van der Waals surface area contributed by atoms with E-state index >= 15 is 0 Å². The molecule has 19 heavy (non-hydrogen) atoms. The fourth-order valence-corrected chi connectivity index (χ4v) is 2.54. The Morgan fingerprint density at radius 3 is 3.11 bits per heavy atom. The molecule has 0 fully saturated rings. The van der Waals surface area contributed by atoms with Crippen molar-refractivity contribution in [2.45, 2.75) is 6.54 Å². The van der Waals surface area contributed by atoms with Crippen LogP contribution in [-0.2, 0) is 6.54 Å². The lowest BCUT2D eigenvalue weighted by atomic mass is 10.4. The lowest BCUT2D eigenvalue weighted by molar-refractivity contribution is 0.637. The van der Waals surface area contributed by atoms with Gasteiger partial charge in [-0.25, -0.2) is 10.8 Å². The van der Waals surface area contributed by atoms with Crippen molar-refractivity contribution in [2.24, 2.45) is 5.84 Å². The number of fused-ring (bicyclic) bond motifs is 1. The fraction of sp³-hybridized carbons (Fsp3) is 0.182. The quantitative estimate of drug-likeness (QED) is 0.480. The van der Waals surface area contributed by atoms with E-state index in [2.05, 4.69) is 25.8 Å². The van der Waals surface area contributed by atoms with Crippen LogP contribution in [0.5, 0.6) is 0 Å². The molecule has 0 unspecified atom stereocenters. The largest absolute Gasteiger partial charge is 0.368 e. The van der Waals surface area contributed by atoms with Crippen LogP contribution in [0.2, 0.25) is 0 Å². The van der Waals surface area contributed by atoms with E-state index in [1.165, 1.54) is 0 Å². The third-order valence-corrected chi connectivity index (χ3v) is 3.45. The third kappa shape index (κ3) is 2.49. The molecule has 3 rings (SSSR count). The number of anilines is 2. The number of hydrogen-bond donors (Lipinski definition) is 3. The van der Waals surface area contributed by atoms with Crippen molar-refractivity contribution < 1.29 is 0 Å². The first-order valence-electron chi connectivity index (χ1n) is 5.80. The van der Waals surface area contributed by atoms with Crippen LogP contribution in [0.1, 0.15) is 0 Å². The van der Waals surface area contributed by atoms with E-state index in [4.69, 9.17) is 5.84 Å². The third-order valence-electron chi connectivity index (χ3n) is 2.65. The molecule has 0 aliphatic rings. The molecule has 0 amide bonds. The highest BCUT2D eigenvalue weighted by Gasteiger charge is 2.07. The molecule has 8 heteroatoms. The molecule has 0 saturated heterocycles. The van der Waals surface area contributed by atoms with Crippen LogP contribution in [0.4, 0.5) is 11.8 Å². The first-order chi connectivity index (χ1) is 9.36. The maximum atomic E-state index is 5.37. The highest BCUT2D eigenvalue weighted by molar-refractivity contribution is 7.16. The summed E-state index contributed by atoms with van der Waals surface area (Å²) in [7, 11) is 0. The average molecular weight is 275 g/mol. The van der Waals surface area contributed by atoms with Crippen molar-refractivity contribution >= 4 is 33.3 Å². The van der Waals surface area contributed by atoms with E-state index in [0.29, 0.717) is 5.95 Å². The Balaban J connectivity index is 1.77. The topological polar surface area (TPSA) is 93.7 Å². The summed E-state index contributed by atoms with van der Waals surface area (Å²) in [6, 6.07) is 3.90. The van der Waals surface area contributed by atoms with Crippen LogP contribution in [0.15, 0.2) is 29.9 Å². The molecule has 0 saturated carbocycles. The maximum Gasteiger partial charge on any atom is 0.240 e. The molecule has 98 valence electrons. The Labute approximate surface area is 113 Å². The van der Waals surface area contributed by atoms with Gasteiger partial charge < -0.3 is 5.32 Å². The van der Waals surface area contributed by atoms with Gasteiger partial charge in [0.05, 0.1) is 11.9 Å². The zero-order chi connectivity index (χ0) is 13.1. The molecule has 0 spiro atoms. The first kappa shape index (κ1) is 11.9. The van der Waals surface area contributed by atoms with Gasteiger partial charge in [0.1, 0.15) is 10.6 Å². The number of nitrogens with zero attached hydrogens (tertiary/aromatic N) is 4. The van der Waals surface area contributed by atoms with Crippen molar-refractivity contribution in [3.8, 4) is 0 Å². The molecule has 0 aromatic carbocycles. The van der Waals surface area contributed by atoms with Crippen LogP contribution < -0.4 is 16.6 Å². The minimum absolute atomic E-state index is 0.413. The Morgan fingerprint density at radius 2 is 2.32 bits per heavy atom. The second-order valence-electron chi connectivity index (χ2n) is 3.88. The van der Waals surface area contributed by atoms with Gasteiger partial charge in [0.25, 0.3) is 0 Å². The highest BCUT2D eigenvalue weighted by Crippen LogP contribution is 2.25. The molecule has 7 nitrogen and oxygen atoms in total. The molecule has 0 atom stereocenters. The van der Waals surface area contributed by atoms with E-state index < -0.39 is 0 Å². The molecule has 3 aromatic rings. The minimum Gasteiger partial charge on any atom is -0.368 e. The zero-order valence-electron chi connectivity index (χ0n) is 10.1. The number of thiophene rings is 1. The van der Waals surface area contributed by atoms with E-state index in [-0.39, 0.29) is 0 Å². The van der Waals surface area contributed by atoms with Crippen LogP contribution in [0.3, 0.4) is 0 Å². The maximum absolute atomic E-state index is 5.37. The molecule has 3 heterocycles. The number of rotatable bonds is 5. The molecule has 3 aromatic heterocycles. The lowest BCUT2D eigenvalue weighted by Gasteiger charge is -2.08. The monoisotopic (exact) mass is 275 g/mol. The second kappa shape index (κ2) is 5.21. The fourth-order valence-electron chi connectivity index (χ4n) is 1.78. The number of nitrogens with one attached hydrogen (secondary N) is 2. The summed E-state index contributed by atoms with van der Waals surface area (Å²) in [6.45, 7) is 1.50. The number of nitrogen functional groups attached to an aromatic ring is 1. The van der Waals surface area contributed by atoms with Crippen LogP contribution in [0, 0.1) is 0 Å². The molecule has 0 radical (unpaired) electrons. The van der Waals surface area contributed by atoms with Gasteiger partial charge in [-0.3, -0.25) is 10.1 Å². The standard InChI is InChI=1S/C11H13N7S/c12-17-11-15-9(8-2-7-19-10(8)16-11)13-4-6-18-5-1-3-14-18/h1-3,5,7H,4,6,12H2,(H2,13,15,16,17). The first-order valence-corrected chi connectivity index (χ1v) is 6.68. The average Bonchev–Trinajstić information content (AvgIpc) is 3.08. The number of nitrogens with two attached hydrogens (primary N) is 1. The number of hydrazine groups is 1. The summed E-state index contributed by atoms with van der Waals surface area (Å²) < 4.78 is 1.86. The zero-order valence-corrected chi connectivity index (χ0v) is 10.9. The van der Waals surface area contributed by atoms with E-state index in [1.807, 2.05) is 28.4 Å². The van der Waals surface area contributed by atoms with Gasteiger partial charge in [0.15, 0.2) is 0 Å². The van der Waals surface area contributed by atoms with Gasteiger partial charge in [0.2, 0.25) is 5.95 Å². The van der Waals surface area contributed by atoms with Crippen molar-refractivity contribution in [2.75, 3.05) is 17.3 Å². The predicted molar refractivity (Wildman–Crippen MR) is 75.9 cm³/mol. The van der Waals surface area contributed by atoms with Gasteiger partial charge in [-0.2, -0.15) is 10.1 Å². The second-order valence-corrected chi connectivity index (χ2v) is 4.77. The summed E-state index contributed by atoms with van der Waals surface area (Å²) in [5.74, 6) is 6.57. The van der Waals surface area contributed by atoms with Gasteiger partial charge in [0, 0.05) is 18.9 Å². The summed E-state index contributed by atoms with van der Waals surface area (Å²) in [5, 5.41) is 10.4. The van der Waals surface area contributed by atoms with Gasteiger partial charge >= 0.3 is 0 Å². The number of hydrogen-bond acceptors (Lipinski definition) is 7. The Hall–Kier alpha value is -2.19. The van der Waals surface area contributed by atoms with Gasteiger partial charge in [-0.05, 0) is 17.5 Å². The number of aromatic nitrogens is 4. The lowest BCUT2D eigenvalue weighted by Crippen LogP contribution is -2.14. The van der Waals surface area contributed by atoms with Crippen molar-refractivity contribution in [1.29, 1.82) is 0 Å². The molecular formula is C11H13N7S. The van der Waals surface area contributed by atoms with Crippen LogP contribution >= 0.6 is 11.3 Å². The Bertz CT molecular complexity index is 661. The van der Waals surface area contributed by atoms with Crippen molar-refractivity contribution in [3.63, 3.8) is 0 Å². The summed E-state index contributed by atoms with van der Waals surface area (Å²) in [5.41, 5.74) is 2.48. The molecule has 0 aliphatic heterocycles. The summed E-state index contributed by atoms with van der Waals surface area (Å²) in [4.78, 5) is 9.52. The normalized spacial score (nSPS) is 10.8. The van der Waals surface area contributed by atoms with Crippen LogP contribution in [0.25, 0.3) is 10.2 Å². The van der Waals surface area contributed by atoms with Gasteiger partial charge in [-0.15, -0.1) is 11.3 Å². The molecule has 0 aliphatic carbocycles. The van der Waals surface area contributed by atoms with E-state index in [1.54, 1.807) is 17.5 Å². The highest BCUT2D eigenvalue weighted by atomic mass is 32.1. The molecule has 0 bridgehead atoms.